The molecule has 4 nitrogen and oxygen atoms in total. The lowest BCUT2D eigenvalue weighted by atomic mass is 9.97. The van der Waals surface area contributed by atoms with Gasteiger partial charge in [-0.15, -0.1) is 0 Å². The summed E-state index contributed by atoms with van der Waals surface area (Å²) in [5, 5.41) is 2.51. The summed E-state index contributed by atoms with van der Waals surface area (Å²) in [6, 6.07) is 60.1. The second kappa shape index (κ2) is 11.5. The molecule has 0 radical (unpaired) electrons. The van der Waals surface area contributed by atoms with E-state index in [1.54, 1.807) is 0 Å². The summed E-state index contributed by atoms with van der Waals surface area (Å²) in [7, 11) is 0. The van der Waals surface area contributed by atoms with Crippen LogP contribution in [0.1, 0.15) is 11.1 Å². The molecule has 2 heterocycles. The van der Waals surface area contributed by atoms with Crippen molar-refractivity contribution in [2.45, 2.75) is 6.42 Å². The molecule has 0 aliphatic heterocycles. The van der Waals surface area contributed by atoms with Crippen LogP contribution in [-0.2, 0) is 6.42 Å². The smallest absolute Gasteiger partial charge is 0.164 e. The summed E-state index contributed by atoms with van der Waals surface area (Å²) in [4.78, 5) is 14.9. The molecule has 1 aliphatic carbocycles. The van der Waals surface area contributed by atoms with Gasteiger partial charge in [0.2, 0.25) is 0 Å². The summed E-state index contributed by atoms with van der Waals surface area (Å²) in [5.74, 6) is 2.01. The van der Waals surface area contributed by atoms with E-state index in [9.17, 15) is 0 Å². The number of aromatic nitrogens is 4. The number of hydrogen-bond acceptors (Lipinski definition) is 3. The molecular weight excluding hydrogens is 609 g/mol. The largest absolute Gasteiger partial charge is 0.309 e. The Bertz CT molecular complexity index is 2660. The standard InChI is InChI=1S/C46H30N4/c1-4-12-30(13-5-1)44-47-45(31-14-6-2-7-15-31)49-46(48-44)36-23-22-35-26-34-21-20-32(27-39(34)40(35)29-36)33-24-25-43-41(28-33)38-18-10-11-19-42(38)50(43)37-16-8-3-9-17-37/h1-25,27-29H,26H2. The molecule has 9 aromatic rings. The SMILES string of the molecule is c1ccc(-c2nc(-c3ccccc3)nc(-c3ccc4c(c3)-c3cc(-c5ccc6c(c5)c5ccccc5n6-c5ccccc5)ccc3C4)n2)cc1. The van der Waals surface area contributed by atoms with Crippen molar-refractivity contribution >= 4 is 21.8 Å². The molecule has 0 bridgehead atoms. The van der Waals surface area contributed by atoms with E-state index in [0.29, 0.717) is 17.5 Å². The van der Waals surface area contributed by atoms with Crippen molar-refractivity contribution in [3.63, 3.8) is 0 Å². The minimum absolute atomic E-state index is 0.668. The van der Waals surface area contributed by atoms with Gasteiger partial charge in [-0.1, -0.05) is 127 Å². The first kappa shape index (κ1) is 28.4. The van der Waals surface area contributed by atoms with Crippen molar-refractivity contribution in [2.24, 2.45) is 0 Å². The molecule has 0 unspecified atom stereocenters. The number of rotatable bonds is 5. The fourth-order valence-corrected chi connectivity index (χ4v) is 7.43. The van der Waals surface area contributed by atoms with Crippen LogP contribution in [0, 0.1) is 0 Å². The molecule has 10 rings (SSSR count). The number of hydrogen-bond donors (Lipinski definition) is 0. The van der Waals surface area contributed by atoms with Crippen LogP contribution in [-0.4, -0.2) is 19.5 Å². The summed E-state index contributed by atoms with van der Waals surface area (Å²) >= 11 is 0. The summed E-state index contributed by atoms with van der Waals surface area (Å²) in [6.45, 7) is 0. The minimum Gasteiger partial charge on any atom is -0.309 e. The van der Waals surface area contributed by atoms with E-state index in [4.69, 9.17) is 15.0 Å². The van der Waals surface area contributed by atoms with Gasteiger partial charge in [0, 0.05) is 33.2 Å². The van der Waals surface area contributed by atoms with E-state index < -0.39 is 0 Å². The first-order chi connectivity index (χ1) is 24.8. The molecule has 0 N–H and O–H groups in total. The van der Waals surface area contributed by atoms with E-state index in [2.05, 4.69) is 114 Å². The van der Waals surface area contributed by atoms with E-state index >= 15 is 0 Å². The maximum Gasteiger partial charge on any atom is 0.164 e. The third kappa shape index (κ3) is 4.73. The average Bonchev–Trinajstić information content (AvgIpc) is 3.73. The lowest BCUT2D eigenvalue weighted by Crippen LogP contribution is -2.00. The number of para-hydroxylation sites is 2. The van der Waals surface area contributed by atoms with Crippen LogP contribution >= 0.6 is 0 Å². The van der Waals surface area contributed by atoms with Gasteiger partial charge in [-0.25, -0.2) is 15.0 Å². The Morgan fingerprint density at radius 2 is 0.840 bits per heavy atom. The Labute approximate surface area is 290 Å². The monoisotopic (exact) mass is 638 g/mol. The molecule has 7 aromatic carbocycles. The van der Waals surface area contributed by atoms with E-state index in [0.717, 1.165) is 23.1 Å². The Morgan fingerprint density at radius 1 is 0.360 bits per heavy atom. The normalized spacial score (nSPS) is 11.9. The zero-order valence-corrected chi connectivity index (χ0v) is 27.2. The van der Waals surface area contributed by atoms with Gasteiger partial charge < -0.3 is 4.57 Å². The van der Waals surface area contributed by atoms with Gasteiger partial charge in [0.1, 0.15) is 0 Å². The van der Waals surface area contributed by atoms with Crippen LogP contribution in [0.3, 0.4) is 0 Å². The zero-order chi connectivity index (χ0) is 33.0. The van der Waals surface area contributed by atoms with Crippen LogP contribution in [0.5, 0.6) is 0 Å². The molecule has 4 heteroatoms. The van der Waals surface area contributed by atoms with E-state index in [1.165, 1.54) is 60.9 Å². The molecule has 50 heavy (non-hydrogen) atoms. The second-order valence-electron chi connectivity index (χ2n) is 12.9. The molecule has 0 saturated carbocycles. The highest BCUT2D eigenvalue weighted by molar-refractivity contribution is 6.10. The van der Waals surface area contributed by atoms with E-state index in [-0.39, 0.29) is 0 Å². The highest BCUT2D eigenvalue weighted by atomic mass is 15.0. The minimum atomic E-state index is 0.668. The van der Waals surface area contributed by atoms with Crippen LogP contribution in [0.25, 0.3) is 83.9 Å². The summed E-state index contributed by atoms with van der Waals surface area (Å²) in [6.07, 6.45) is 0.913. The number of benzene rings is 7. The highest BCUT2D eigenvalue weighted by Gasteiger charge is 2.22. The zero-order valence-electron chi connectivity index (χ0n) is 27.2. The first-order valence-corrected chi connectivity index (χ1v) is 17.0. The van der Waals surface area contributed by atoms with Gasteiger partial charge in [0.15, 0.2) is 17.5 Å². The summed E-state index contributed by atoms with van der Waals surface area (Å²) < 4.78 is 2.36. The van der Waals surface area contributed by atoms with Crippen LogP contribution in [0.15, 0.2) is 170 Å². The number of fused-ring (bicyclic) bond motifs is 6. The van der Waals surface area contributed by atoms with Gasteiger partial charge in [0.05, 0.1) is 11.0 Å². The van der Waals surface area contributed by atoms with Crippen molar-refractivity contribution < 1.29 is 0 Å². The molecule has 2 aromatic heterocycles. The van der Waals surface area contributed by atoms with Gasteiger partial charge >= 0.3 is 0 Å². The van der Waals surface area contributed by atoms with Crippen molar-refractivity contribution in [1.29, 1.82) is 0 Å². The maximum atomic E-state index is 5.00. The Morgan fingerprint density at radius 3 is 1.50 bits per heavy atom. The molecular formula is C46H30N4. The van der Waals surface area contributed by atoms with Crippen molar-refractivity contribution in [2.75, 3.05) is 0 Å². The predicted octanol–water partition coefficient (Wildman–Crippen LogP) is 11.2. The average molecular weight is 639 g/mol. The Kier molecular flexibility index (Phi) is 6.53. The molecule has 0 fully saturated rings. The van der Waals surface area contributed by atoms with Gasteiger partial charge in [-0.3, -0.25) is 0 Å². The van der Waals surface area contributed by atoms with Crippen molar-refractivity contribution in [3.05, 3.63) is 181 Å². The second-order valence-corrected chi connectivity index (χ2v) is 12.9. The third-order valence-corrected chi connectivity index (χ3v) is 9.87. The highest BCUT2D eigenvalue weighted by Crippen LogP contribution is 2.42. The maximum absolute atomic E-state index is 5.00. The third-order valence-electron chi connectivity index (χ3n) is 9.87. The van der Waals surface area contributed by atoms with Gasteiger partial charge in [0.25, 0.3) is 0 Å². The first-order valence-electron chi connectivity index (χ1n) is 17.0. The van der Waals surface area contributed by atoms with Crippen LogP contribution in [0.4, 0.5) is 0 Å². The van der Waals surface area contributed by atoms with Crippen LogP contribution in [0.2, 0.25) is 0 Å². The predicted molar refractivity (Wildman–Crippen MR) is 204 cm³/mol. The fraction of sp³-hybridized carbons (Fsp3) is 0.0217. The molecule has 0 amide bonds. The topological polar surface area (TPSA) is 43.6 Å². The summed E-state index contributed by atoms with van der Waals surface area (Å²) in [5.41, 5.74) is 14.1. The van der Waals surface area contributed by atoms with Crippen LogP contribution < -0.4 is 0 Å². The fourth-order valence-electron chi connectivity index (χ4n) is 7.43. The number of nitrogens with zero attached hydrogens (tertiary/aromatic N) is 4. The Balaban J connectivity index is 1.08. The lowest BCUT2D eigenvalue weighted by Gasteiger charge is -2.10. The van der Waals surface area contributed by atoms with Gasteiger partial charge in [-0.05, 0) is 82.3 Å². The van der Waals surface area contributed by atoms with Crippen molar-refractivity contribution in [1.82, 2.24) is 19.5 Å². The van der Waals surface area contributed by atoms with Gasteiger partial charge in [-0.2, -0.15) is 0 Å². The Hall–Kier alpha value is -6.65. The molecule has 0 atom stereocenters. The molecule has 0 saturated heterocycles. The lowest BCUT2D eigenvalue weighted by molar-refractivity contribution is 1.07. The molecule has 234 valence electrons. The molecule has 1 aliphatic rings. The van der Waals surface area contributed by atoms with Crippen molar-refractivity contribution in [3.8, 4) is 62.1 Å². The van der Waals surface area contributed by atoms with E-state index in [1.807, 2.05) is 60.7 Å². The quantitative estimate of drug-likeness (QED) is 0.188. The molecule has 0 spiro atoms.